The van der Waals surface area contributed by atoms with E-state index in [9.17, 15) is 28.1 Å². The second-order valence-corrected chi connectivity index (χ2v) is 3.86. The average molecular weight is 378 g/mol. The summed E-state index contributed by atoms with van der Waals surface area (Å²) in [5, 5.41) is 19.2. The molecule has 7 nitrogen and oxygen atoms in total. The van der Waals surface area contributed by atoms with Crippen LogP contribution < -0.4 is 4.74 Å². The smallest absolute Gasteiger partial charge is 0.477 e. The number of carbonyl (C=O) groups is 1. The largest absolute Gasteiger partial charge is 0.573 e. The van der Waals surface area contributed by atoms with Crippen LogP contribution in [-0.2, 0) is 0 Å². The van der Waals surface area contributed by atoms with E-state index in [4.69, 9.17) is 5.11 Å². The van der Waals surface area contributed by atoms with E-state index >= 15 is 0 Å². The molecule has 11 heteroatoms. The first-order chi connectivity index (χ1) is 8.11. The van der Waals surface area contributed by atoms with Gasteiger partial charge in [0.15, 0.2) is 11.3 Å². The van der Waals surface area contributed by atoms with Crippen molar-refractivity contribution < 1.29 is 32.7 Å². The van der Waals surface area contributed by atoms with E-state index in [1.165, 1.54) is 22.6 Å². The van der Waals surface area contributed by atoms with Crippen LogP contribution in [0.5, 0.6) is 5.75 Å². The Labute approximate surface area is 110 Å². The van der Waals surface area contributed by atoms with Gasteiger partial charge in [0.1, 0.15) is 0 Å². The SMILES string of the molecule is O=C(O)c1c(OC(F)(F)F)cc(I)nc1[N+](=O)[O-]. The molecule has 18 heavy (non-hydrogen) atoms. The highest BCUT2D eigenvalue weighted by Gasteiger charge is 2.37. The lowest BCUT2D eigenvalue weighted by Crippen LogP contribution is -2.20. The summed E-state index contributed by atoms with van der Waals surface area (Å²) < 4.78 is 39.4. The molecule has 0 aromatic carbocycles. The monoisotopic (exact) mass is 378 g/mol. The predicted octanol–water partition coefficient (Wildman–Crippen LogP) is 2.19. The number of hydrogen-bond donors (Lipinski definition) is 1. The standard InChI is InChI=1S/C7H2F3IN2O5/c8-7(9,10)18-2-1-3(11)12-5(13(16)17)4(2)6(14)15/h1H,(H,14,15). The quantitative estimate of drug-likeness (QED) is 0.375. The Morgan fingerprint density at radius 3 is 2.50 bits per heavy atom. The second kappa shape index (κ2) is 4.91. The van der Waals surface area contributed by atoms with Crippen molar-refractivity contribution in [2.45, 2.75) is 6.36 Å². The van der Waals surface area contributed by atoms with Gasteiger partial charge in [0, 0.05) is 28.7 Å². The number of aromatic nitrogens is 1. The molecule has 1 aromatic rings. The average Bonchev–Trinajstić information content (AvgIpc) is 2.12. The summed E-state index contributed by atoms with van der Waals surface area (Å²) in [6.45, 7) is 0. The Hall–Kier alpha value is -1.66. The van der Waals surface area contributed by atoms with Gasteiger partial charge in [0.05, 0.1) is 0 Å². The van der Waals surface area contributed by atoms with E-state index in [0.717, 1.165) is 0 Å². The summed E-state index contributed by atoms with van der Waals surface area (Å²) >= 11 is 1.40. The van der Waals surface area contributed by atoms with Crippen LogP contribution in [0.2, 0.25) is 0 Å². The van der Waals surface area contributed by atoms with Crippen molar-refractivity contribution in [2.75, 3.05) is 0 Å². The molecule has 0 unspecified atom stereocenters. The summed E-state index contributed by atoms with van der Waals surface area (Å²) in [5.41, 5.74) is -1.25. The normalized spacial score (nSPS) is 11.1. The van der Waals surface area contributed by atoms with Crippen LogP contribution >= 0.6 is 22.6 Å². The second-order valence-electron chi connectivity index (χ2n) is 2.75. The molecular weight excluding hydrogens is 376 g/mol. The van der Waals surface area contributed by atoms with Gasteiger partial charge in [-0.2, -0.15) is 0 Å². The van der Waals surface area contributed by atoms with E-state index in [2.05, 4.69) is 9.72 Å². The fourth-order valence-electron chi connectivity index (χ4n) is 1.02. The van der Waals surface area contributed by atoms with Crippen molar-refractivity contribution in [2.24, 2.45) is 0 Å². The molecule has 0 aliphatic heterocycles. The molecule has 1 heterocycles. The van der Waals surface area contributed by atoms with Crippen molar-refractivity contribution in [3.63, 3.8) is 0 Å². The lowest BCUT2D eigenvalue weighted by Gasteiger charge is -2.10. The molecule has 1 N–H and O–H groups in total. The zero-order valence-corrected chi connectivity index (χ0v) is 10.2. The van der Waals surface area contributed by atoms with Crippen LogP contribution in [0.25, 0.3) is 0 Å². The minimum absolute atomic E-state index is 0.205. The maximum Gasteiger partial charge on any atom is 0.573 e. The molecule has 0 aliphatic rings. The Kier molecular flexibility index (Phi) is 3.93. The Bertz CT molecular complexity index is 519. The third kappa shape index (κ3) is 3.41. The summed E-state index contributed by atoms with van der Waals surface area (Å²) in [6, 6.07) is 0.643. The summed E-state index contributed by atoms with van der Waals surface area (Å²) in [7, 11) is 0. The van der Waals surface area contributed by atoms with Gasteiger partial charge in [-0.05, 0) is 9.91 Å². The number of nitro groups is 1. The van der Waals surface area contributed by atoms with Crippen molar-refractivity contribution in [1.29, 1.82) is 0 Å². The molecule has 1 rings (SSSR count). The van der Waals surface area contributed by atoms with Crippen molar-refractivity contribution in [3.8, 4) is 5.75 Å². The van der Waals surface area contributed by atoms with Crippen LogP contribution in [0.3, 0.4) is 0 Å². The fraction of sp³-hybridized carbons (Fsp3) is 0.143. The maximum absolute atomic E-state index is 12.0. The molecule has 0 amide bonds. The van der Waals surface area contributed by atoms with Crippen molar-refractivity contribution >= 4 is 34.4 Å². The van der Waals surface area contributed by atoms with Crippen LogP contribution in [0.15, 0.2) is 6.07 Å². The summed E-state index contributed by atoms with van der Waals surface area (Å²) in [6.07, 6.45) is -5.16. The zero-order chi connectivity index (χ0) is 14.1. The van der Waals surface area contributed by atoms with E-state index in [1.807, 2.05) is 0 Å². The van der Waals surface area contributed by atoms with E-state index in [-0.39, 0.29) is 3.70 Å². The number of alkyl halides is 3. The lowest BCUT2D eigenvalue weighted by atomic mass is 10.2. The maximum atomic E-state index is 12.0. The molecule has 0 aliphatic carbocycles. The first-order valence-corrected chi connectivity index (χ1v) is 5.03. The Morgan fingerprint density at radius 2 is 2.11 bits per heavy atom. The zero-order valence-electron chi connectivity index (χ0n) is 8.06. The molecule has 0 spiro atoms. The van der Waals surface area contributed by atoms with Gasteiger partial charge in [-0.1, -0.05) is 0 Å². The van der Waals surface area contributed by atoms with Gasteiger partial charge >= 0.3 is 18.1 Å². The summed E-state index contributed by atoms with van der Waals surface area (Å²) in [5.74, 6) is -4.33. The minimum atomic E-state index is -5.16. The minimum Gasteiger partial charge on any atom is -0.477 e. The van der Waals surface area contributed by atoms with E-state index < -0.39 is 34.4 Å². The molecular formula is C7H2F3IN2O5. The van der Waals surface area contributed by atoms with Gasteiger partial charge in [-0.15, -0.1) is 13.2 Å². The number of halogens is 4. The number of rotatable bonds is 3. The van der Waals surface area contributed by atoms with E-state index in [1.54, 1.807) is 0 Å². The number of carboxylic acids is 1. The van der Waals surface area contributed by atoms with Crippen molar-refractivity contribution in [3.05, 3.63) is 25.4 Å². The van der Waals surface area contributed by atoms with Gasteiger partial charge < -0.3 is 20.0 Å². The van der Waals surface area contributed by atoms with Gasteiger partial charge in [-0.3, -0.25) is 0 Å². The molecule has 1 aromatic heterocycles. The number of ether oxygens (including phenoxy) is 1. The van der Waals surface area contributed by atoms with Crippen molar-refractivity contribution in [1.82, 2.24) is 4.98 Å². The highest BCUT2D eigenvalue weighted by atomic mass is 127. The molecule has 0 radical (unpaired) electrons. The third-order valence-electron chi connectivity index (χ3n) is 1.55. The molecule has 0 bridgehead atoms. The summed E-state index contributed by atoms with van der Waals surface area (Å²) in [4.78, 5) is 23.3. The molecule has 0 saturated carbocycles. The first-order valence-electron chi connectivity index (χ1n) is 3.96. The van der Waals surface area contributed by atoms with Gasteiger partial charge in [0.25, 0.3) is 0 Å². The van der Waals surface area contributed by atoms with Crippen LogP contribution in [0.1, 0.15) is 10.4 Å². The van der Waals surface area contributed by atoms with Gasteiger partial charge in [-0.25, -0.2) is 4.79 Å². The van der Waals surface area contributed by atoms with Crippen LogP contribution in [-0.4, -0.2) is 27.3 Å². The number of aromatic carboxylic acids is 1. The lowest BCUT2D eigenvalue weighted by molar-refractivity contribution is -0.390. The number of nitrogens with zero attached hydrogens (tertiary/aromatic N) is 2. The predicted molar refractivity (Wildman–Crippen MR) is 57.3 cm³/mol. The Morgan fingerprint density at radius 1 is 1.56 bits per heavy atom. The number of pyridine rings is 1. The molecule has 0 saturated heterocycles. The molecule has 0 fully saturated rings. The number of hydrogen-bond acceptors (Lipinski definition) is 5. The van der Waals surface area contributed by atoms with Gasteiger partial charge in [0.2, 0.25) is 3.70 Å². The Balaban J connectivity index is 3.49. The van der Waals surface area contributed by atoms with E-state index in [0.29, 0.717) is 6.07 Å². The first kappa shape index (κ1) is 14.4. The third-order valence-corrected chi connectivity index (χ3v) is 2.10. The highest BCUT2D eigenvalue weighted by Crippen LogP contribution is 2.32. The topological polar surface area (TPSA) is 103 Å². The highest BCUT2D eigenvalue weighted by molar-refractivity contribution is 14.1. The molecule has 0 atom stereocenters. The number of carboxylic acid groups (broad SMARTS) is 1. The van der Waals surface area contributed by atoms with Crippen LogP contribution in [0.4, 0.5) is 19.0 Å². The van der Waals surface area contributed by atoms with Crippen LogP contribution in [0, 0.1) is 13.8 Å². The fourth-order valence-corrected chi connectivity index (χ4v) is 1.53. The molecule has 98 valence electrons.